The van der Waals surface area contributed by atoms with Gasteiger partial charge in [-0.1, -0.05) is 22.0 Å². The van der Waals surface area contributed by atoms with Gasteiger partial charge in [0.1, 0.15) is 0 Å². The van der Waals surface area contributed by atoms with Crippen molar-refractivity contribution in [3.05, 3.63) is 28.2 Å². The van der Waals surface area contributed by atoms with Gasteiger partial charge in [-0.2, -0.15) is 0 Å². The van der Waals surface area contributed by atoms with Gasteiger partial charge in [0.05, 0.1) is 6.54 Å². The van der Waals surface area contributed by atoms with Crippen molar-refractivity contribution in [2.24, 2.45) is 0 Å². The molecule has 92 valence electrons. The maximum absolute atomic E-state index is 12.0. The molecule has 1 amide bonds. The summed E-state index contributed by atoms with van der Waals surface area (Å²) >= 11 is 3.51. The zero-order valence-electron chi connectivity index (χ0n) is 10.0. The minimum Gasteiger partial charge on any atom is -0.311 e. The van der Waals surface area contributed by atoms with Crippen LogP contribution in [0.25, 0.3) is 0 Å². The van der Waals surface area contributed by atoms with Crippen molar-refractivity contribution in [2.45, 2.75) is 19.8 Å². The third-order valence-electron chi connectivity index (χ3n) is 3.03. The predicted molar refractivity (Wildman–Crippen MR) is 73.3 cm³/mol. The van der Waals surface area contributed by atoms with Gasteiger partial charge < -0.3 is 10.2 Å². The van der Waals surface area contributed by atoms with E-state index in [-0.39, 0.29) is 5.91 Å². The molecule has 0 bridgehead atoms. The van der Waals surface area contributed by atoms with Crippen molar-refractivity contribution in [1.29, 1.82) is 0 Å². The fraction of sp³-hybridized carbons (Fsp3) is 0.462. The molecule has 1 aromatic carbocycles. The summed E-state index contributed by atoms with van der Waals surface area (Å²) in [6.45, 7) is 4.24. The molecular weight excluding hydrogens is 280 g/mol. The lowest BCUT2D eigenvalue weighted by atomic mass is 10.2. The lowest BCUT2D eigenvalue weighted by Crippen LogP contribution is -2.41. The number of nitrogens with one attached hydrogen (secondary N) is 1. The van der Waals surface area contributed by atoms with Gasteiger partial charge in [-0.25, -0.2) is 0 Å². The molecule has 0 spiro atoms. The summed E-state index contributed by atoms with van der Waals surface area (Å²) in [5.74, 6) is 0.153. The van der Waals surface area contributed by atoms with Gasteiger partial charge in [0.2, 0.25) is 5.91 Å². The quantitative estimate of drug-likeness (QED) is 0.863. The van der Waals surface area contributed by atoms with Gasteiger partial charge in [0.15, 0.2) is 0 Å². The van der Waals surface area contributed by atoms with Crippen LogP contribution in [0.1, 0.15) is 18.4 Å². The summed E-state index contributed by atoms with van der Waals surface area (Å²) in [5, 5.41) is 3.16. The van der Waals surface area contributed by atoms with E-state index < -0.39 is 0 Å². The third-order valence-corrected chi connectivity index (χ3v) is 3.88. The number of hydrogen-bond donors (Lipinski definition) is 1. The standard InChI is InChI=1S/C13H17BrN2O/c1-10-4-5-11(8-12(10)14)16-7-3-2-6-15-9-13(16)17/h4-5,8,15H,2-3,6-7,9H2,1H3. The first-order chi connectivity index (χ1) is 8.18. The molecule has 3 nitrogen and oxygen atoms in total. The molecule has 0 saturated carbocycles. The average molecular weight is 297 g/mol. The summed E-state index contributed by atoms with van der Waals surface area (Å²) in [6.07, 6.45) is 2.17. The molecule has 0 unspecified atom stereocenters. The number of anilines is 1. The molecule has 1 aliphatic heterocycles. The summed E-state index contributed by atoms with van der Waals surface area (Å²) in [5.41, 5.74) is 2.17. The van der Waals surface area contributed by atoms with Gasteiger partial charge in [0.25, 0.3) is 0 Å². The number of carbonyl (C=O) groups is 1. The molecule has 1 fully saturated rings. The Kier molecular flexibility index (Phi) is 4.18. The van der Waals surface area contributed by atoms with Crippen LogP contribution in [0.3, 0.4) is 0 Å². The summed E-state index contributed by atoms with van der Waals surface area (Å²) in [6, 6.07) is 6.08. The molecule has 1 heterocycles. The lowest BCUT2D eigenvalue weighted by molar-refractivity contribution is -0.118. The highest BCUT2D eigenvalue weighted by Gasteiger charge is 2.17. The van der Waals surface area contributed by atoms with Crippen LogP contribution >= 0.6 is 15.9 Å². The Morgan fingerprint density at radius 1 is 1.35 bits per heavy atom. The highest BCUT2D eigenvalue weighted by molar-refractivity contribution is 9.10. The molecule has 1 saturated heterocycles. The Morgan fingerprint density at radius 2 is 2.18 bits per heavy atom. The van der Waals surface area contributed by atoms with Crippen molar-refractivity contribution in [3.8, 4) is 0 Å². The smallest absolute Gasteiger partial charge is 0.240 e. The summed E-state index contributed by atoms with van der Waals surface area (Å²) < 4.78 is 1.05. The first kappa shape index (κ1) is 12.6. The van der Waals surface area contributed by atoms with Crippen LogP contribution in [0.15, 0.2) is 22.7 Å². The van der Waals surface area contributed by atoms with Crippen LogP contribution in [0.5, 0.6) is 0 Å². The van der Waals surface area contributed by atoms with E-state index in [1.54, 1.807) is 0 Å². The van der Waals surface area contributed by atoms with E-state index in [1.165, 1.54) is 5.56 Å². The number of rotatable bonds is 1. The van der Waals surface area contributed by atoms with E-state index >= 15 is 0 Å². The van der Waals surface area contributed by atoms with E-state index in [4.69, 9.17) is 0 Å². The van der Waals surface area contributed by atoms with Crippen molar-refractivity contribution in [3.63, 3.8) is 0 Å². The number of benzene rings is 1. The third kappa shape index (κ3) is 3.07. The Balaban J connectivity index is 2.22. The molecule has 1 N–H and O–H groups in total. The Hall–Kier alpha value is -0.870. The minimum atomic E-state index is 0.153. The molecular formula is C13H17BrN2O. The van der Waals surface area contributed by atoms with Gasteiger partial charge in [0, 0.05) is 16.7 Å². The normalized spacial score (nSPS) is 17.8. The van der Waals surface area contributed by atoms with E-state index in [2.05, 4.69) is 21.2 Å². The number of amides is 1. The Bertz CT molecular complexity index is 420. The zero-order valence-corrected chi connectivity index (χ0v) is 11.6. The summed E-state index contributed by atoms with van der Waals surface area (Å²) in [4.78, 5) is 13.9. The highest BCUT2D eigenvalue weighted by atomic mass is 79.9. The molecule has 0 atom stereocenters. The van der Waals surface area contributed by atoms with Gasteiger partial charge in [-0.05, 0) is 44.0 Å². The number of carbonyl (C=O) groups excluding carboxylic acids is 1. The fourth-order valence-corrected chi connectivity index (χ4v) is 2.32. The van der Waals surface area contributed by atoms with Crippen LogP contribution in [-0.4, -0.2) is 25.5 Å². The molecule has 1 aromatic rings. The Labute approximate surface area is 110 Å². The van der Waals surface area contributed by atoms with Crippen LogP contribution in [0, 0.1) is 6.92 Å². The topological polar surface area (TPSA) is 32.3 Å². The average Bonchev–Trinajstić information content (AvgIpc) is 2.28. The largest absolute Gasteiger partial charge is 0.311 e. The van der Waals surface area contributed by atoms with Crippen LogP contribution in [0.2, 0.25) is 0 Å². The van der Waals surface area contributed by atoms with Crippen LogP contribution in [-0.2, 0) is 4.79 Å². The molecule has 17 heavy (non-hydrogen) atoms. The molecule has 4 heteroatoms. The predicted octanol–water partition coefficient (Wildman–Crippen LogP) is 2.47. The SMILES string of the molecule is Cc1ccc(N2CCCCNCC2=O)cc1Br. The molecule has 0 aromatic heterocycles. The van der Waals surface area contributed by atoms with Crippen molar-refractivity contribution in [2.75, 3.05) is 24.5 Å². The fourth-order valence-electron chi connectivity index (χ4n) is 1.96. The van der Waals surface area contributed by atoms with E-state index in [0.717, 1.165) is 36.1 Å². The zero-order chi connectivity index (χ0) is 12.3. The summed E-state index contributed by atoms with van der Waals surface area (Å²) in [7, 11) is 0. The Morgan fingerprint density at radius 3 is 2.94 bits per heavy atom. The maximum Gasteiger partial charge on any atom is 0.240 e. The molecule has 2 rings (SSSR count). The van der Waals surface area contributed by atoms with Crippen LogP contribution < -0.4 is 10.2 Å². The van der Waals surface area contributed by atoms with Crippen molar-refractivity contribution < 1.29 is 4.79 Å². The van der Waals surface area contributed by atoms with Crippen LogP contribution in [0.4, 0.5) is 5.69 Å². The minimum absolute atomic E-state index is 0.153. The van der Waals surface area contributed by atoms with E-state index in [0.29, 0.717) is 6.54 Å². The van der Waals surface area contributed by atoms with Gasteiger partial charge >= 0.3 is 0 Å². The second-order valence-corrected chi connectivity index (χ2v) is 5.22. The number of nitrogens with zero attached hydrogens (tertiary/aromatic N) is 1. The van der Waals surface area contributed by atoms with E-state index in [1.807, 2.05) is 30.0 Å². The monoisotopic (exact) mass is 296 g/mol. The first-order valence-corrected chi connectivity index (χ1v) is 6.75. The van der Waals surface area contributed by atoms with Crippen molar-refractivity contribution in [1.82, 2.24) is 5.32 Å². The van der Waals surface area contributed by atoms with Crippen molar-refractivity contribution >= 4 is 27.5 Å². The molecule has 1 aliphatic rings. The number of aryl methyl sites for hydroxylation is 1. The number of hydrogen-bond acceptors (Lipinski definition) is 2. The van der Waals surface area contributed by atoms with E-state index in [9.17, 15) is 4.79 Å². The number of halogens is 1. The van der Waals surface area contributed by atoms with Gasteiger partial charge in [-0.15, -0.1) is 0 Å². The molecule has 0 radical (unpaired) electrons. The second kappa shape index (κ2) is 5.65. The van der Waals surface area contributed by atoms with Gasteiger partial charge in [-0.3, -0.25) is 4.79 Å². The second-order valence-electron chi connectivity index (χ2n) is 4.36. The first-order valence-electron chi connectivity index (χ1n) is 5.96. The highest BCUT2D eigenvalue weighted by Crippen LogP contribution is 2.24. The maximum atomic E-state index is 12.0. The lowest BCUT2D eigenvalue weighted by Gasteiger charge is -2.25. The molecule has 0 aliphatic carbocycles.